The molecule has 1 amide bonds. The third kappa shape index (κ3) is 4.82. The Morgan fingerprint density at radius 2 is 2.04 bits per heavy atom. The van der Waals surface area contributed by atoms with Crippen molar-refractivity contribution in [3.63, 3.8) is 0 Å². The zero-order valence-corrected chi connectivity index (χ0v) is 15.6. The van der Waals surface area contributed by atoms with Crippen molar-refractivity contribution in [2.24, 2.45) is 0 Å². The van der Waals surface area contributed by atoms with E-state index in [1.54, 1.807) is 7.11 Å². The van der Waals surface area contributed by atoms with Crippen LogP contribution in [-0.2, 0) is 11.2 Å². The molecule has 1 N–H and O–H groups in total. The Morgan fingerprint density at radius 1 is 1.32 bits per heavy atom. The minimum Gasteiger partial charge on any atom is -0.496 e. The molecule has 0 fully saturated rings. The van der Waals surface area contributed by atoms with E-state index in [9.17, 15) is 4.79 Å². The highest BCUT2D eigenvalue weighted by molar-refractivity contribution is 5.76. The Balaban J connectivity index is 1.96. The molecule has 0 bridgehead atoms. The van der Waals surface area contributed by atoms with Crippen molar-refractivity contribution in [1.82, 2.24) is 15.4 Å². The van der Waals surface area contributed by atoms with Gasteiger partial charge >= 0.3 is 0 Å². The molecule has 0 aliphatic heterocycles. The van der Waals surface area contributed by atoms with Gasteiger partial charge in [-0.3, -0.25) is 4.79 Å². The molecule has 0 spiro atoms. The maximum absolute atomic E-state index is 12.3. The number of hydrogen-bond donors (Lipinski definition) is 1. The standard InChI is InChI=1S/C19H27N3O3/c1-13-15(14(2)25-21-13)10-11-19(23)20-12-17(22(3)4)16-8-6-7-9-18(16)24-5/h6-9,17H,10-12H2,1-5H3,(H,20,23). The second kappa shape index (κ2) is 8.67. The second-order valence-electron chi connectivity index (χ2n) is 6.33. The van der Waals surface area contributed by atoms with Gasteiger partial charge in [-0.15, -0.1) is 0 Å². The van der Waals surface area contributed by atoms with Gasteiger partial charge in [0, 0.05) is 24.1 Å². The van der Waals surface area contributed by atoms with E-state index >= 15 is 0 Å². The summed E-state index contributed by atoms with van der Waals surface area (Å²) in [7, 11) is 5.65. The van der Waals surface area contributed by atoms with Crippen molar-refractivity contribution in [3.05, 3.63) is 46.8 Å². The van der Waals surface area contributed by atoms with Crippen LogP contribution in [0.3, 0.4) is 0 Å². The molecule has 6 nitrogen and oxygen atoms in total. The number of aromatic nitrogens is 1. The lowest BCUT2D eigenvalue weighted by Gasteiger charge is -2.26. The molecule has 2 rings (SSSR count). The molecule has 1 heterocycles. The van der Waals surface area contributed by atoms with Crippen molar-refractivity contribution in [2.45, 2.75) is 32.7 Å². The van der Waals surface area contributed by atoms with Gasteiger partial charge in [0.2, 0.25) is 5.91 Å². The molecule has 1 aromatic carbocycles. The monoisotopic (exact) mass is 345 g/mol. The lowest BCUT2D eigenvalue weighted by molar-refractivity contribution is -0.121. The first-order chi connectivity index (χ1) is 11.9. The molecule has 1 aromatic heterocycles. The zero-order valence-electron chi connectivity index (χ0n) is 15.6. The normalized spacial score (nSPS) is 12.2. The first-order valence-electron chi connectivity index (χ1n) is 8.41. The first-order valence-corrected chi connectivity index (χ1v) is 8.41. The van der Waals surface area contributed by atoms with Gasteiger partial charge in [-0.2, -0.15) is 0 Å². The Kier molecular flexibility index (Phi) is 6.58. The predicted molar refractivity (Wildman–Crippen MR) is 96.7 cm³/mol. The number of nitrogens with zero attached hydrogens (tertiary/aromatic N) is 2. The largest absolute Gasteiger partial charge is 0.496 e. The molecule has 0 radical (unpaired) electrons. The van der Waals surface area contributed by atoms with E-state index in [2.05, 4.69) is 15.4 Å². The highest BCUT2D eigenvalue weighted by Gasteiger charge is 2.19. The molecule has 0 saturated heterocycles. The summed E-state index contributed by atoms with van der Waals surface area (Å²) in [5, 5.41) is 6.95. The van der Waals surface area contributed by atoms with Crippen molar-refractivity contribution < 1.29 is 14.1 Å². The summed E-state index contributed by atoms with van der Waals surface area (Å²) in [4.78, 5) is 14.3. The number of rotatable bonds is 8. The summed E-state index contributed by atoms with van der Waals surface area (Å²) in [6, 6.07) is 7.93. The van der Waals surface area contributed by atoms with Crippen molar-refractivity contribution in [1.29, 1.82) is 0 Å². The number of aryl methyl sites for hydroxylation is 2. The Bertz CT molecular complexity index is 690. The molecular formula is C19H27N3O3. The summed E-state index contributed by atoms with van der Waals surface area (Å²) in [6.07, 6.45) is 1.04. The highest BCUT2D eigenvalue weighted by atomic mass is 16.5. The minimum atomic E-state index is 0.0155. The van der Waals surface area contributed by atoms with Gasteiger partial charge in [-0.25, -0.2) is 0 Å². The second-order valence-corrected chi connectivity index (χ2v) is 6.33. The van der Waals surface area contributed by atoms with Crippen molar-refractivity contribution >= 4 is 5.91 Å². The summed E-state index contributed by atoms with van der Waals surface area (Å²) < 4.78 is 10.6. The number of methoxy groups -OCH3 is 1. The third-order valence-electron chi connectivity index (χ3n) is 4.40. The zero-order chi connectivity index (χ0) is 18.4. The van der Waals surface area contributed by atoms with Crippen LogP contribution < -0.4 is 10.1 Å². The average molecular weight is 345 g/mol. The molecule has 25 heavy (non-hydrogen) atoms. The number of hydrogen-bond acceptors (Lipinski definition) is 5. The number of carbonyl (C=O) groups excluding carboxylic acids is 1. The number of benzene rings is 1. The average Bonchev–Trinajstić information content (AvgIpc) is 2.91. The van der Waals surface area contributed by atoms with Crippen LogP contribution in [0.1, 0.15) is 35.0 Å². The number of para-hydroxylation sites is 1. The summed E-state index contributed by atoms with van der Waals surface area (Å²) >= 11 is 0. The SMILES string of the molecule is COc1ccccc1C(CNC(=O)CCc1c(C)noc1C)N(C)C. The van der Waals surface area contributed by atoms with Gasteiger partial charge in [-0.1, -0.05) is 23.4 Å². The smallest absolute Gasteiger partial charge is 0.220 e. The topological polar surface area (TPSA) is 67.6 Å². The summed E-state index contributed by atoms with van der Waals surface area (Å²) in [5.41, 5.74) is 2.93. The number of carbonyl (C=O) groups is 1. The van der Waals surface area contributed by atoms with Gasteiger partial charge in [0.1, 0.15) is 11.5 Å². The number of likely N-dealkylation sites (N-methyl/N-ethyl adjacent to an activating group) is 1. The van der Waals surface area contributed by atoms with Crippen LogP contribution in [0.5, 0.6) is 5.75 Å². The summed E-state index contributed by atoms with van der Waals surface area (Å²) in [6.45, 7) is 4.29. The number of nitrogens with one attached hydrogen (secondary N) is 1. The van der Waals surface area contributed by atoms with E-state index in [0.29, 0.717) is 19.4 Å². The first kappa shape index (κ1) is 19.0. The molecule has 0 saturated carbocycles. The summed E-state index contributed by atoms with van der Waals surface area (Å²) in [5.74, 6) is 1.62. The van der Waals surface area contributed by atoms with Crippen LogP contribution in [-0.4, -0.2) is 43.7 Å². The van der Waals surface area contributed by atoms with Crippen molar-refractivity contribution in [2.75, 3.05) is 27.7 Å². The van der Waals surface area contributed by atoms with Gasteiger partial charge in [0.05, 0.1) is 18.8 Å². The highest BCUT2D eigenvalue weighted by Crippen LogP contribution is 2.27. The molecule has 136 valence electrons. The molecule has 6 heteroatoms. The number of amides is 1. The predicted octanol–water partition coefficient (Wildman–Crippen LogP) is 2.65. The quantitative estimate of drug-likeness (QED) is 0.797. The van der Waals surface area contributed by atoms with Crippen LogP contribution in [0.15, 0.2) is 28.8 Å². The van der Waals surface area contributed by atoms with E-state index in [-0.39, 0.29) is 11.9 Å². The van der Waals surface area contributed by atoms with E-state index in [1.165, 1.54) is 0 Å². The van der Waals surface area contributed by atoms with Gasteiger partial charge in [0.25, 0.3) is 0 Å². The minimum absolute atomic E-state index is 0.0155. The van der Waals surface area contributed by atoms with Crippen LogP contribution in [0.4, 0.5) is 0 Å². The fraction of sp³-hybridized carbons (Fsp3) is 0.474. The van der Waals surface area contributed by atoms with Crippen LogP contribution in [0.25, 0.3) is 0 Å². The maximum Gasteiger partial charge on any atom is 0.220 e. The third-order valence-corrected chi connectivity index (χ3v) is 4.40. The Hall–Kier alpha value is -2.34. The fourth-order valence-corrected chi connectivity index (χ4v) is 2.91. The lowest BCUT2D eigenvalue weighted by Crippen LogP contribution is -2.34. The molecule has 1 atom stereocenters. The van der Waals surface area contributed by atoms with Crippen molar-refractivity contribution in [3.8, 4) is 5.75 Å². The Morgan fingerprint density at radius 3 is 2.64 bits per heavy atom. The van der Waals surface area contributed by atoms with Gasteiger partial charge in [0.15, 0.2) is 0 Å². The molecule has 2 aromatic rings. The van der Waals surface area contributed by atoms with Crippen LogP contribution >= 0.6 is 0 Å². The van der Waals surface area contributed by atoms with E-state index in [1.807, 2.05) is 52.2 Å². The molecule has 1 unspecified atom stereocenters. The number of ether oxygens (including phenoxy) is 1. The maximum atomic E-state index is 12.3. The fourth-order valence-electron chi connectivity index (χ4n) is 2.91. The van der Waals surface area contributed by atoms with Crippen LogP contribution in [0, 0.1) is 13.8 Å². The van der Waals surface area contributed by atoms with E-state index in [0.717, 1.165) is 28.3 Å². The van der Waals surface area contributed by atoms with Gasteiger partial charge < -0.3 is 19.5 Å². The van der Waals surface area contributed by atoms with E-state index in [4.69, 9.17) is 9.26 Å². The lowest BCUT2D eigenvalue weighted by atomic mass is 10.0. The molecular weight excluding hydrogens is 318 g/mol. The molecule has 0 aliphatic rings. The van der Waals surface area contributed by atoms with Crippen LogP contribution in [0.2, 0.25) is 0 Å². The Labute approximate surface area is 149 Å². The van der Waals surface area contributed by atoms with E-state index < -0.39 is 0 Å². The molecule has 0 aliphatic carbocycles. The van der Waals surface area contributed by atoms with Gasteiger partial charge in [-0.05, 0) is 40.4 Å².